The molecule has 0 bridgehead atoms. The Morgan fingerprint density at radius 2 is 2.25 bits per heavy atom. The predicted molar refractivity (Wildman–Crippen MR) is 52.2 cm³/mol. The highest BCUT2D eigenvalue weighted by molar-refractivity contribution is 14.1. The highest BCUT2D eigenvalue weighted by Gasteiger charge is 2.28. The Morgan fingerprint density at radius 3 is 3.00 bits per heavy atom. The first-order valence-corrected chi connectivity index (χ1v) is 4.52. The largest absolute Gasteiger partial charge is 0.481 e. The Morgan fingerprint density at radius 1 is 1.50 bits per heavy atom. The van der Waals surface area contributed by atoms with Crippen LogP contribution in [0.4, 0.5) is 0 Å². The van der Waals surface area contributed by atoms with Crippen molar-refractivity contribution in [3.05, 3.63) is 34.3 Å². The van der Waals surface area contributed by atoms with Crippen molar-refractivity contribution in [1.82, 2.24) is 0 Å². The van der Waals surface area contributed by atoms with Crippen LogP contribution < -0.4 is 4.74 Å². The third-order valence-corrected chi connectivity index (χ3v) is 2.39. The lowest BCUT2D eigenvalue weighted by Crippen LogP contribution is -2.15. The molecule has 2 rings (SSSR count). The third kappa shape index (κ3) is 1.12. The van der Waals surface area contributed by atoms with Gasteiger partial charge in [0.25, 0.3) is 0 Å². The van der Waals surface area contributed by atoms with Crippen LogP contribution in [0.5, 0.6) is 5.75 Å². The number of carbonyl (C=O) groups excluding carboxylic acids is 1. The number of hydrogen-bond donors (Lipinski definition) is 0. The summed E-state index contributed by atoms with van der Waals surface area (Å²) in [6.45, 7) is 5.40. The number of halogens is 1. The van der Waals surface area contributed by atoms with Crippen LogP contribution in [-0.4, -0.2) is 11.9 Å². The van der Waals surface area contributed by atoms with Gasteiger partial charge in [0.15, 0.2) is 6.10 Å². The molecule has 1 heterocycles. The van der Waals surface area contributed by atoms with Gasteiger partial charge in [-0.1, -0.05) is 0 Å². The quantitative estimate of drug-likeness (QED) is 0.675. The standard InChI is InChI=1S/C9H5IO2/c1-5-9(11)7-4-6(10)2-3-8(7)12-5/h1-5H. The third-order valence-electron chi connectivity index (χ3n) is 1.72. The van der Waals surface area contributed by atoms with Gasteiger partial charge in [0.2, 0.25) is 5.78 Å². The molecule has 0 amide bonds. The molecule has 1 aliphatic heterocycles. The normalized spacial score (nSPS) is 20.5. The molecule has 0 N–H and O–H groups in total. The van der Waals surface area contributed by atoms with Gasteiger partial charge in [-0.25, -0.2) is 0 Å². The molecule has 1 aromatic rings. The summed E-state index contributed by atoms with van der Waals surface area (Å²) in [5, 5.41) is 0. The number of benzene rings is 1. The summed E-state index contributed by atoms with van der Waals surface area (Å²) in [7, 11) is 0. The molecule has 60 valence electrons. The fourth-order valence-corrected chi connectivity index (χ4v) is 1.63. The van der Waals surface area contributed by atoms with Gasteiger partial charge in [0.05, 0.1) is 5.56 Å². The van der Waals surface area contributed by atoms with Gasteiger partial charge in [-0.3, -0.25) is 4.79 Å². The van der Waals surface area contributed by atoms with E-state index in [1.54, 1.807) is 12.1 Å². The first-order chi connectivity index (χ1) is 5.68. The number of rotatable bonds is 0. The average Bonchev–Trinajstić information content (AvgIpc) is 2.31. The molecule has 1 unspecified atom stereocenters. The SMILES string of the molecule is [CH]C1Oc2ccc(I)cc2C1=O. The number of hydrogen-bond acceptors (Lipinski definition) is 2. The Kier molecular flexibility index (Phi) is 1.83. The minimum absolute atomic E-state index is 0.136. The van der Waals surface area contributed by atoms with Gasteiger partial charge in [-0.2, -0.15) is 0 Å². The molecule has 0 aromatic heterocycles. The minimum Gasteiger partial charge on any atom is -0.481 e. The van der Waals surface area contributed by atoms with Crippen LogP contribution in [0.1, 0.15) is 10.4 Å². The Balaban J connectivity index is 2.56. The minimum atomic E-state index is -0.807. The van der Waals surface area contributed by atoms with Crippen LogP contribution in [0.2, 0.25) is 0 Å². The summed E-state index contributed by atoms with van der Waals surface area (Å²) in [6.07, 6.45) is -0.807. The van der Waals surface area contributed by atoms with Gasteiger partial charge in [0, 0.05) is 10.5 Å². The first-order valence-electron chi connectivity index (χ1n) is 3.44. The second-order valence-electron chi connectivity index (χ2n) is 2.54. The van der Waals surface area contributed by atoms with Crippen LogP contribution in [0, 0.1) is 10.5 Å². The van der Waals surface area contributed by atoms with Crippen LogP contribution in [-0.2, 0) is 0 Å². The van der Waals surface area contributed by atoms with Crippen LogP contribution >= 0.6 is 22.6 Å². The predicted octanol–water partition coefficient (Wildman–Crippen LogP) is 1.95. The molecule has 1 aromatic carbocycles. The number of carbonyl (C=O) groups is 1. The first kappa shape index (κ1) is 8.04. The monoisotopic (exact) mass is 272 g/mol. The molecule has 3 heteroatoms. The van der Waals surface area contributed by atoms with Crippen molar-refractivity contribution in [3.63, 3.8) is 0 Å². The number of ketones is 1. The van der Waals surface area contributed by atoms with E-state index in [4.69, 9.17) is 11.7 Å². The van der Waals surface area contributed by atoms with Crippen molar-refractivity contribution in [1.29, 1.82) is 0 Å². The topological polar surface area (TPSA) is 26.3 Å². The van der Waals surface area contributed by atoms with E-state index in [2.05, 4.69) is 22.6 Å². The zero-order chi connectivity index (χ0) is 8.72. The van der Waals surface area contributed by atoms with Crippen LogP contribution in [0.25, 0.3) is 0 Å². The van der Waals surface area contributed by atoms with E-state index in [1.807, 2.05) is 6.07 Å². The van der Waals surface area contributed by atoms with Crippen molar-refractivity contribution < 1.29 is 9.53 Å². The van der Waals surface area contributed by atoms with E-state index in [9.17, 15) is 4.79 Å². The lowest BCUT2D eigenvalue weighted by molar-refractivity contribution is 0.0903. The van der Waals surface area contributed by atoms with Crippen molar-refractivity contribution >= 4 is 28.4 Å². The van der Waals surface area contributed by atoms with Crippen molar-refractivity contribution in [3.8, 4) is 5.75 Å². The highest BCUT2D eigenvalue weighted by Crippen LogP contribution is 2.29. The smallest absolute Gasteiger partial charge is 0.207 e. The Hall–Kier alpha value is -0.580. The maximum atomic E-state index is 11.3. The maximum Gasteiger partial charge on any atom is 0.207 e. The number of fused-ring (bicyclic) bond motifs is 1. The highest BCUT2D eigenvalue weighted by atomic mass is 127. The molecule has 1 atom stereocenters. The molecular formula is C9H5IO2. The van der Waals surface area contributed by atoms with Gasteiger partial charge < -0.3 is 4.74 Å². The summed E-state index contributed by atoms with van der Waals surface area (Å²) in [6, 6.07) is 5.43. The number of ether oxygens (including phenoxy) is 1. The molecule has 0 spiro atoms. The molecule has 0 fully saturated rings. The van der Waals surface area contributed by atoms with Crippen molar-refractivity contribution in [2.75, 3.05) is 0 Å². The number of Topliss-reactive ketones (excluding diaryl/α,β-unsaturated/α-hetero) is 1. The molecule has 1 aliphatic rings. The zero-order valence-electron chi connectivity index (χ0n) is 6.08. The molecule has 0 saturated carbocycles. The van der Waals surface area contributed by atoms with Crippen LogP contribution in [0.15, 0.2) is 18.2 Å². The zero-order valence-corrected chi connectivity index (χ0v) is 8.24. The fourth-order valence-electron chi connectivity index (χ4n) is 1.14. The summed E-state index contributed by atoms with van der Waals surface area (Å²) in [4.78, 5) is 11.3. The van der Waals surface area contributed by atoms with E-state index in [0.717, 1.165) is 3.57 Å². The van der Waals surface area contributed by atoms with E-state index in [1.165, 1.54) is 0 Å². The second-order valence-corrected chi connectivity index (χ2v) is 3.79. The molecule has 0 saturated heterocycles. The Labute approximate surface area is 84.1 Å². The fraction of sp³-hybridized carbons (Fsp3) is 0.111. The molecule has 2 radical (unpaired) electrons. The maximum absolute atomic E-state index is 11.3. The van der Waals surface area contributed by atoms with E-state index >= 15 is 0 Å². The van der Waals surface area contributed by atoms with Crippen molar-refractivity contribution in [2.45, 2.75) is 6.10 Å². The molecule has 12 heavy (non-hydrogen) atoms. The lowest BCUT2D eigenvalue weighted by atomic mass is 10.1. The van der Waals surface area contributed by atoms with Gasteiger partial charge in [-0.15, -0.1) is 0 Å². The average molecular weight is 272 g/mol. The van der Waals surface area contributed by atoms with Crippen LogP contribution in [0.3, 0.4) is 0 Å². The summed E-state index contributed by atoms with van der Waals surface area (Å²) < 4.78 is 6.11. The molecule has 2 nitrogen and oxygen atoms in total. The van der Waals surface area contributed by atoms with Gasteiger partial charge in [-0.05, 0) is 40.8 Å². The van der Waals surface area contributed by atoms with Gasteiger partial charge in [0.1, 0.15) is 5.75 Å². The van der Waals surface area contributed by atoms with Gasteiger partial charge >= 0.3 is 0 Å². The second kappa shape index (κ2) is 2.73. The van der Waals surface area contributed by atoms with E-state index in [-0.39, 0.29) is 5.78 Å². The summed E-state index contributed by atoms with van der Waals surface area (Å²) in [5.74, 6) is 0.455. The van der Waals surface area contributed by atoms with E-state index < -0.39 is 6.10 Å². The molecular weight excluding hydrogens is 267 g/mol. The lowest BCUT2D eigenvalue weighted by Gasteiger charge is -1.99. The summed E-state index contributed by atoms with van der Waals surface area (Å²) >= 11 is 2.14. The Bertz CT molecular complexity index is 346. The summed E-state index contributed by atoms with van der Waals surface area (Å²) in [5.41, 5.74) is 0.592. The van der Waals surface area contributed by atoms with Crippen molar-refractivity contribution in [2.24, 2.45) is 0 Å². The van der Waals surface area contributed by atoms with E-state index in [0.29, 0.717) is 11.3 Å². The molecule has 0 aliphatic carbocycles.